The van der Waals surface area contributed by atoms with Gasteiger partial charge in [-0.1, -0.05) is 6.92 Å². The average Bonchev–Trinajstić information content (AvgIpc) is 2.42. The molecule has 1 amide bonds. The van der Waals surface area contributed by atoms with Crippen molar-refractivity contribution in [2.75, 3.05) is 24.1 Å². The molecule has 1 aromatic rings. The Kier molecular flexibility index (Phi) is 5.02. The molecule has 1 aromatic carbocycles. The minimum atomic E-state index is -3.55. The largest absolute Gasteiger partial charge is 0.349 e. The molecule has 1 saturated heterocycles. The quantitative estimate of drug-likeness (QED) is 0.767. The van der Waals surface area contributed by atoms with Gasteiger partial charge in [-0.2, -0.15) is 0 Å². The molecule has 0 aromatic heterocycles. The summed E-state index contributed by atoms with van der Waals surface area (Å²) in [5.74, 6) is -0.829. The van der Waals surface area contributed by atoms with Gasteiger partial charge in [0.05, 0.1) is 17.5 Å². The second kappa shape index (κ2) is 6.62. The number of hydrogen-bond acceptors (Lipinski definition) is 4. The smallest absolute Gasteiger partial charge is 0.253 e. The lowest BCUT2D eigenvalue weighted by atomic mass is 9.95. The van der Waals surface area contributed by atoms with Gasteiger partial charge < -0.3 is 10.6 Å². The molecule has 0 bridgehead atoms. The highest BCUT2D eigenvalue weighted by Gasteiger charge is 2.24. The maximum Gasteiger partial charge on any atom is 0.253 e. The summed E-state index contributed by atoms with van der Waals surface area (Å²) in [4.78, 5) is 12.4. The van der Waals surface area contributed by atoms with Crippen LogP contribution in [-0.2, 0) is 10.0 Å². The van der Waals surface area contributed by atoms with Crippen molar-refractivity contribution in [1.29, 1.82) is 0 Å². The molecule has 0 aliphatic carbocycles. The van der Waals surface area contributed by atoms with Crippen LogP contribution in [0, 0.1) is 11.7 Å². The molecule has 0 radical (unpaired) electrons. The zero-order chi connectivity index (χ0) is 16.3. The van der Waals surface area contributed by atoms with E-state index in [1.165, 1.54) is 6.07 Å². The first-order valence-electron chi connectivity index (χ1n) is 7.05. The van der Waals surface area contributed by atoms with Crippen molar-refractivity contribution in [3.8, 4) is 0 Å². The van der Waals surface area contributed by atoms with Gasteiger partial charge in [0.25, 0.3) is 5.91 Å². The number of carbonyl (C=O) groups excluding carboxylic acids is 1. The van der Waals surface area contributed by atoms with Gasteiger partial charge in [-0.15, -0.1) is 0 Å². The van der Waals surface area contributed by atoms with Gasteiger partial charge in [0, 0.05) is 6.04 Å². The topological polar surface area (TPSA) is 87.3 Å². The molecule has 1 aliphatic heterocycles. The summed E-state index contributed by atoms with van der Waals surface area (Å²) in [6.07, 6.45) is 1.75. The van der Waals surface area contributed by atoms with Crippen molar-refractivity contribution in [3.05, 3.63) is 29.6 Å². The fourth-order valence-corrected chi connectivity index (χ4v) is 3.05. The summed E-state index contributed by atoms with van der Waals surface area (Å²) in [5.41, 5.74) is 0.0548. The number of hydrogen-bond donors (Lipinski definition) is 3. The Morgan fingerprint density at radius 1 is 1.41 bits per heavy atom. The number of rotatable bonds is 4. The van der Waals surface area contributed by atoms with Crippen molar-refractivity contribution in [2.45, 2.75) is 19.4 Å². The van der Waals surface area contributed by atoms with E-state index in [1.807, 2.05) is 6.92 Å². The molecule has 22 heavy (non-hydrogen) atoms. The van der Waals surface area contributed by atoms with E-state index in [0.29, 0.717) is 0 Å². The SMILES string of the molecule is CC1CNCCC1NC(=O)c1cc(F)ccc1NS(C)(=O)=O. The van der Waals surface area contributed by atoms with Crippen molar-refractivity contribution in [3.63, 3.8) is 0 Å². The lowest BCUT2D eigenvalue weighted by Crippen LogP contribution is -2.48. The predicted octanol–water partition coefficient (Wildman–Crippen LogP) is 0.925. The Morgan fingerprint density at radius 2 is 2.14 bits per heavy atom. The fraction of sp³-hybridized carbons (Fsp3) is 0.500. The number of amides is 1. The predicted molar refractivity (Wildman–Crippen MR) is 82.8 cm³/mol. The summed E-state index contributed by atoms with van der Waals surface area (Å²) < 4.78 is 38.4. The molecule has 6 nitrogen and oxygen atoms in total. The number of nitrogens with one attached hydrogen (secondary N) is 3. The number of halogens is 1. The van der Waals surface area contributed by atoms with E-state index < -0.39 is 21.7 Å². The molecule has 122 valence electrons. The van der Waals surface area contributed by atoms with E-state index in [0.717, 1.165) is 37.9 Å². The average molecular weight is 329 g/mol. The molecule has 1 aliphatic rings. The Hall–Kier alpha value is -1.67. The van der Waals surface area contributed by atoms with Crippen LogP contribution in [0.3, 0.4) is 0 Å². The zero-order valence-corrected chi connectivity index (χ0v) is 13.3. The Bertz CT molecular complexity index is 663. The number of piperidine rings is 1. The normalized spacial score (nSPS) is 22.1. The van der Waals surface area contributed by atoms with Gasteiger partial charge in [-0.25, -0.2) is 12.8 Å². The summed E-state index contributed by atoms with van der Waals surface area (Å²) in [6, 6.07) is 3.37. The highest BCUT2D eigenvalue weighted by molar-refractivity contribution is 7.92. The third-order valence-corrected chi connectivity index (χ3v) is 4.21. The highest BCUT2D eigenvalue weighted by atomic mass is 32.2. The van der Waals surface area contributed by atoms with Crippen LogP contribution in [0.5, 0.6) is 0 Å². The molecule has 0 spiro atoms. The summed E-state index contributed by atoms with van der Waals surface area (Å²) in [7, 11) is -3.55. The van der Waals surface area contributed by atoms with E-state index in [2.05, 4.69) is 15.4 Å². The van der Waals surface area contributed by atoms with Gasteiger partial charge in [0.1, 0.15) is 5.82 Å². The standard InChI is InChI=1S/C14H20FN3O3S/c1-9-8-16-6-5-12(9)17-14(19)11-7-10(15)3-4-13(11)18-22(2,20)21/h3-4,7,9,12,16,18H,5-6,8H2,1-2H3,(H,17,19). The second-order valence-electron chi connectivity index (χ2n) is 5.61. The Morgan fingerprint density at radius 3 is 2.77 bits per heavy atom. The number of benzene rings is 1. The Labute approximate surface area is 129 Å². The molecule has 1 heterocycles. The molecule has 0 saturated carbocycles. The first kappa shape index (κ1) is 16.7. The molecule has 2 unspecified atom stereocenters. The van der Waals surface area contributed by atoms with E-state index in [1.54, 1.807) is 0 Å². The van der Waals surface area contributed by atoms with Crippen LogP contribution >= 0.6 is 0 Å². The van der Waals surface area contributed by atoms with Crippen LogP contribution in [0.1, 0.15) is 23.7 Å². The van der Waals surface area contributed by atoms with E-state index >= 15 is 0 Å². The maximum absolute atomic E-state index is 13.4. The van der Waals surface area contributed by atoms with Gasteiger partial charge in [-0.05, 0) is 43.6 Å². The van der Waals surface area contributed by atoms with Crippen molar-refractivity contribution in [1.82, 2.24) is 10.6 Å². The molecule has 3 N–H and O–H groups in total. The molecule has 8 heteroatoms. The van der Waals surface area contributed by atoms with Gasteiger partial charge in [0.15, 0.2) is 0 Å². The maximum atomic E-state index is 13.4. The second-order valence-corrected chi connectivity index (χ2v) is 7.36. The van der Waals surface area contributed by atoms with Crippen LogP contribution in [0.4, 0.5) is 10.1 Å². The van der Waals surface area contributed by atoms with Gasteiger partial charge in [-0.3, -0.25) is 9.52 Å². The Balaban J connectivity index is 2.22. The zero-order valence-electron chi connectivity index (χ0n) is 12.5. The van der Waals surface area contributed by atoms with E-state index in [4.69, 9.17) is 0 Å². The molecule has 2 rings (SSSR count). The summed E-state index contributed by atoms with van der Waals surface area (Å²) in [6.45, 7) is 3.60. The number of sulfonamides is 1. The summed E-state index contributed by atoms with van der Waals surface area (Å²) >= 11 is 0. The summed E-state index contributed by atoms with van der Waals surface area (Å²) in [5, 5.41) is 6.08. The van der Waals surface area contributed by atoms with Crippen molar-refractivity contribution >= 4 is 21.6 Å². The number of carbonyl (C=O) groups is 1. The molecule has 1 fully saturated rings. The van der Waals surface area contributed by atoms with Crippen molar-refractivity contribution in [2.24, 2.45) is 5.92 Å². The molecular formula is C14H20FN3O3S. The van der Waals surface area contributed by atoms with E-state index in [-0.39, 0.29) is 23.2 Å². The highest BCUT2D eigenvalue weighted by Crippen LogP contribution is 2.19. The van der Waals surface area contributed by atoms with Crippen LogP contribution in [-0.4, -0.2) is 39.7 Å². The molecular weight excluding hydrogens is 309 g/mol. The van der Waals surface area contributed by atoms with Crippen LogP contribution < -0.4 is 15.4 Å². The fourth-order valence-electron chi connectivity index (χ4n) is 2.47. The third-order valence-electron chi connectivity index (χ3n) is 3.62. The third kappa shape index (κ3) is 4.41. The molecule has 2 atom stereocenters. The minimum absolute atomic E-state index is 0.0174. The van der Waals surface area contributed by atoms with Crippen LogP contribution in [0.2, 0.25) is 0 Å². The lowest BCUT2D eigenvalue weighted by Gasteiger charge is -2.30. The van der Waals surface area contributed by atoms with E-state index in [9.17, 15) is 17.6 Å². The minimum Gasteiger partial charge on any atom is -0.349 e. The first-order valence-corrected chi connectivity index (χ1v) is 8.94. The monoisotopic (exact) mass is 329 g/mol. The number of anilines is 1. The van der Waals surface area contributed by atoms with Gasteiger partial charge in [0.2, 0.25) is 10.0 Å². The lowest BCUT2D eigenvalue weighted by molar-refractivity contribution is 0.0914. The van der Waals surface area contributed by atoms with Gasteiger partial charge >= 0.3 is 0 Å². The first-order chi connectivity index (χ1) is 10.3. The van der Waals surface area contributed by atoms with Crippen molar-refractivity contribution < 1.29 is 17.6 Å². The van der Waals surface area contributed by atoms with Crippen LogP contribution in [0.25, 0.3) is 0 Å². The van der Waals surface area contributed by atoms with Crippen LogP contribution in [0.15, 0.2) is 18.2 Å².